The predicted octanol–water partition coefficient (Wildman–Crippen LogP) is -1.96. The lowest BCUT2D eigenvalue weighted by atomic mass is 9.98. The molecule has 0 aromatic heterocycles. The molecule has 8 rings (SSSR count). The number of morpholine rings is 1. The number of nitrogens with two attached hydrogens (primary N) is 2. The zero-order chi connectivity index (χ0) is 61.9. The number of aliphatic hydroxyl groups is 6. The van der Waals surface area contributed by atoms with Crippen molar-refractivity contribution in [2.45, 2.75) is 112 Å². The number of benzene rings is 4. The first-order valence-electron chi connectivity index (χ1n) is 28.8. The van der Waals surface area contributed by atoms with Crippen LogP contribution in [0.2, 0.25) is 0 Å². The van der Waals surface area contributed by atoms with Crippen molar-refractivity contribution in [3.63, 3.8) is 0 Å². The molecular formula is C60H80Cl2N10O16. The summed E-state index contributed by atoms with van der Waals surface area (Å²) >= 11 is 0. The van der Waals surface area contributed by atoms with Gasteiger partial charge in [-0.1, -0.05) is 61.5 Å². The van der Waals surface area contributed by atoms with Crippen molar-refractivity contribution in [2.24, 2.45) is 17.4 Å². The Morgan fingerprint density at radius 3 is 1.88 bits per heavy atom. The predicted molar refractivity (Wildman–Crippen MR) is 326 cm³/mol. The molecule has 4 aliphatic heterocycles. The lowest BCUT2D eigenvalue weighted by Gasteiger charge is -2.34. The summed E-state index contributed by atoms with van der Waals surface area (Å²) < 4.78 is 11.0. The van der Waals surface area contributed by atoms with E-state index in [1.807, 2.05) is 24.3 Å². The monoisotopic (exact) mass is 1270 g/mol. The van der Waals surface area contributed by atoms with Crippen LogP contribution in [-0.4, -0.2) is 225 Å². The topological polar surface area (TPSA) is 401 Å². The number of hydrogen-bond acceptors (Lipinski definition) is 19. The quantitative estimate of drug-likeness (QED) is 0.0615. The molecule has 0 aliphatic carbocycles. The number of carbonyl (C=O) groups excluding carboxylic acids is 7. The van der Waals surface area contributed by atoms with Crippen LogP contribution < -0.4 is 47.7 Å². The maximum absolute atomic E-state index is 14.7. The number of anilines is 1. The third kappa shape index (κ3) is 16.9. The van der Waals surface area contributed by atoms with Crippen molar-refractivity contribution in [1.82, 2.24) is 36.4 Å². The molecule has 88 heavy (non-hydrogen) atoms. The fourth-order valence-electron chi connectivity index (χ4n) is 11.2. The second kappa shape index (κ2) is 31.8. The molecule has 480 valence electrons. The average Bonchev–Trinajstić information content (AvgIpc) is 1.85. The van der Waals surface area contributed by atoms with Crippen molar-refractivity contribution >= 4 is 71.9 Å². The van der Waals surface area contributed by atoms with Crippen molar-refractivity contribution < 1.29 is 78.8 Å². The summed E-state index contributed by atoms with van der Waals surface area (Å²) in [6, 6.07) is 15.7. The maximum Gasteiger partial charge on any atom is 0.251 e. The number of nitrogens with one attached hydrogen (secondary N) is 5. The van der Waals surface area contributed by atoms with Crippen LogP contribution in [0.15, 0.2) is 91.0 Å². The normalized spacial score (nSPS) is 26.0. The Hall–Kier alpha value is -7.21. The van der Waals surface area contributed by atoms with Gasteiger partial charge in [-0.2, -0.15) is 0 Å². The number of phenolic OH excluding ortho intramolecular Hbond substituents is 1. The van der Waals surface area contributed by atoms with Crippen LogP contribution in [0.25, 0.3) is 22.3 Å². The zero-order valence-electron chi connectivity index (χ0n) is 48.7. The number of fused-ring (bicyclic) bond motifs is 2. The Bertz CT molecular complexity index is 3040. The minimum atomic E-state index is -2.03. The van der Waals surface area contributed by atoms with Gasteiger partial charge in [-0.25, -0.2) is 0 Å². The molecule has 0 unspecified atom stereocenters. The number of rotatable bonds is 15. The second-order valence-corrected chi connectivity index (χ2v) is 22.3. The SMILES string of the molecule is C[C@@H](O)[C@@H]1NC(=O)[C@@H](NC(=O)c2ccc(-c3ccc(-c4ccc(N5CCOCC5)cc4)cc3)cc2)C[C@@H](O)CNC(=O)[C@@H]2[C@@H](O)[C@@H](C)CN2C(=O)[C@H]([C@H](O)CCN)NC(=O)[C@H]([C@H](O)Cc2ccc(O)c(OCCN)c2)NC(=O)[C@@H]2C[C@@H](O)CN2C1=O.Cl.Cl. The fraction of sp³-hybridized carbons (Fsp3) is 0.483. The second-order valence-electron chi connectivity index (χ2n) is 22.3. The number of ether oxygens (including phenoxy) is 2. The van der Waals surface area contributed by atoms with Crippen LogP contribution in [0.3, 0.4) is 0 Å². The molecule has 26 nitrogen and oxygen atoms in total. The van der Waals surface area contributed by atoms with E-state index in [1.165, 1.54) is 37.3 Å². The summed E-state index contributed by atoms with van der Waals surface area (Å²) in [6.07, 6.45) is -11.8. The molecule has 0 saturated carbocycles. The van der Waals surface area contributed by atoms with Gasteiger partial charge in [-0.3, -0.25) is 33.6 Å². The number of phenols is 1. The van der Waals surface area contributed by atoms with Crippen molar-refractivity contribution in [3.8, 4) is 33.8 Å². The minimum Gasteiger partial charge on any atom is -0.504 e. The Kier molecular flexibility index (Phi) is 25.3. The van der Waals surface area contributed by atoms with Gasteiger partial charge in [0, 0.05) is 75.7 Å². The Morgan fingerprint density at radius 2 is 1.27 bits per heavy atom. The van der Waals surface area contributed by atoms with E-state index in [9.17, 15) is 69.3 Å². The average molecular weight is 1270 g/mol. The van der Waals surface area contributed by atoms with Gasteiger partial charge in [0.15, 0.2) is 11.5 Å². The first kappa shape index (κ1) is 69.9. The van der Waals surface area contributed by atoms with Crippen LogP contribution in [0, 0.1) is 5.92 Å². The molecule has 28 heteroatoms. The van der Waals surface area contributed by atoms with E-state index < -0.39 is 152 Å². The van der Waals surface area contributed by atoms with E-state index >= 15 is 0 Å². The van der Waals surface area contributed by atoms with Gasteiger partial charge in [0.05, 0.1) is 49.8 Å². The molecular weight excluding hydrogens is 1190 g/mol. The minimum absolute atomic E-state index is 0. The summed E-state index contributed by atoms with van der Waals surface area (Å²) in [5, 5.41) is 91.2. The van der Waals surface area contributed by atoms with Gasteiger partial charge in [0.1, 0.15) is 42.9 Å². The molecule has 0 spiro atoms. The van der Waals surface area contributed by atoms with Crippen molar-refractivity contribution in [1.29, 1.82) is 0 Å². The molecule has 4 saturated heterocycles. The van der Waals surface area contributed by atoms with Crippen LogP contribution in [-0.2, 0) is 39.9 Å². The van der Waals surface area contributed by atoms with Crippen molar-refractivity contribution in [2.75, 3.05) is 70.5 Å². The zero-order valence-corrected chi connectivity index (χ0v) is 50.3. The number of hydrogen-bond donors (Lipinski definition) is 14. The summed E-state index contributed by atoms with van der Waals surface area (Å²) in [5.74, 6) is -8.55. The van der Waals surface area contributed by atoms with Gasteiger partial charge >= 0.3 is 0 Å². The van der Waals surface area contributed by atoms with Gasteiger partial charge < -0.3 is 98.0 Å². The first-order chi connectivity index (χ1) is 41.1. The third-order valence-electron chi connectivity index (χ3n) is 16.0. The smallest absolute Gasteiger partial charge is 0.251 e. The van der Waals surface area contributed by atoms with E-state index in [4.69, 9.17) is 20.9 Å². The molecule has 7 amide bonds. The van der Waals surface area contributed by atoms with E-state index in [1.54, 1.807) is 12.1 Å². The fourth-order valence-corrected chi connectivity index (χ4v) is 11.2. The Balaban J connectivity index is 0.00000618. The molecule has 0 radical (unpaired) electrons. The number of amides is 7. The summed E-state index contributed by atoms with van der Waals surface area (Å²) in [6.45, 7) is 4.13. The van der Waals surface area contributed by atoms with Crippen LogP contribution >= 0.6 is 24.8 Å². The first-order valence-corrected chi connectivity index (χ1v) is 28.8. The number of aromatic hydroxyl groups is 1. The van der Waals surface area contributed by atoms with Crippen LogP contribution in [0.5, 0.6) is 11.5 Å². The van der Waals surface area contributed by atoms with Crippen molar-refractivity contribution in [3.05, 3.63) is 102 Å². The van der Waals surface area contributed by atoms with Gasteiger partial charge in [0.2, 0.25) is 35.4 Å². The molecule has 0 bridgehead atoms. The number of carbonyl (C=O) groups is 7. The highest BCUT2D eigenvalue weighted by Gasteiger charge is 2.50. The third-order valence-corrected chi connectivity index (χ3v) is 16.0. The number of β-amino-alcohol motifs (C(OH)–C–C–N with tert-alkyl or cyclic N) is 1. The van der Waals surface area contributed by atoms with Crippen LogP contribution in [0.4, 0.5) is 5.69 Å². The number of aliphatic hydroxyl groups excluding tert-OH is 6. The molecule has 4 heterocycles. The van der Waals surface area contributed by atoms with E-state index in [0.29, 0.717) is 13.2 Å². The molecule has 16 N–H and O–H groups in total. The lowest BCUT2D eigenvalue weighted by Crippen LogP contribution is -2.64. The standard InChI is InChI=1S/C60H78N10O16.2ClH/c1-32-30-70-52(53(32)77)58(82)63-29-41(72)27-43(64-54(78)39-10-8-37(9-11-39)35-4-6-36(7-5-35)38-12-14-40(15-13-38)68-20-23-85-24-21-68)55(79)65-49(33(2)71)59(83)69-31-42(73)28-44(69)56(80)66-50(57(81)67-51(60(70)84)46(75)17-18-61)47(76)25-34-3-16-45(74)48(26-34)86-22-19-62;;/h3-16,26,32-33,41-44,46-47,49-53,71-77H,17-25,27-31,61-62H2,1-2H3,(H,63,82)(H,64,78)(H,65,79)(H,66,80)(H,67,81);2*1H/t32-,33+,41+,42+,43-,44-,46+,47+,49-,50-,51-,52-,53-;;/m0../s1. The highest BCUT2D eigenvalue weighted by Crippen LogP contribution is 2.31. The number of nitrogens with zero attached hydrogens (tertiary/aromatic N) is 3. The van der Waals surface area contributed by atoms with Gasteiger partial charge in [0.25, 0.3) is 5.91 Å². The summed E-state index contributed by atoms with van der Waals surface area (Å²) in [7, 11) is 0. The summed E-state index contributed by atoms with van der Waals surface area (Å²) in [4.78, 5) is 105. The van der Waals surface area contributed by atoms with E-state index in [2.05, 4.69) is 55.7 Å². The maximum atomic E-state index is 14.7. The van der Waals surface area contributed by atoms with Gasteiger partial charge in [-0.05, 0) is 84.1 Å². The largest absolute Gasteiger partial charge is 0.504 e. The molecule has 4 aromatic carbocycles. The summed E-state index contributed by atoms with van der Waals surface area (Å²) in [5.41, 5.74) is 16.5. The molecule has 13 atom stereocenters. The number of halogens is 2. The highest BCUT2D eigenvalue weighted by atomic mass is 35.5. The molecule has 4 aromatic rings. The Morgan fingerprint density at radius 1 is 0.693 bits per heavy atom. The lowest BCUT2D eigenvalue weighted by molar-refractivity contribution is -0.147. The van der Waals surface area contributed by atoms with Crippen LogP contribution in [0.1, 0.15) is 49.0 Å². The molecule has 4 aliphatic rings. The van der Waals surface area contributed by atoms with E-state index in [0.717, 1.165) is 57.8 Å². The molecule has 4 fully saturated rings. The Labute approximate surface area is 521 Å². The van der Waals surface area contributed by atoms with E-state index in [-0.39, 0.29) is 80.1 Å². The van der Waals surface area contributed by atoms with Gasteiger partial charge in [-0.15, -0.1) is 24.8 Å². The highest BCUT2D eigenvalue weighted by molar-refractivity contribution is 6.00.